The van der Waals surface area contributed by atoms with Gasteiger partial charge < -0.3 is 9.64 Å². The van der Waals surface area contributed by atoms with Crippen molar-refractivity contribution in [2.75, 3.05) is 13.7 Å². The van der Waals surface area contributed by atoms with Crippen molar-refractivity contribution in [3.63, 3.8) is 0 Å². The van der Waals surface area contributed by atoms with Gasteiger partial charge in [0.15, 0.2) is 0 Å². The van der Waals surface area contributed by atoms with E-state index in [-0.39, 0.29) is 27.9 Å². The van der Waals surface area contributed by atoms with Crippen LogP contribution in [0.1, 0.15) is 27.7 Å². The van der Waals surface area contributed by atoms with Crippen molar-refractivity contribution in [1.29, 1.82) is 0 Å². The highest BCUT2D eigenvalue weighted by Crippen LogP contribution is 2.42. The van der Waals surface area contributed by atoms with E-state index in [1.807, 2.05) is 13.8 Å². The van der Waals surface area contributed by atoms with Gasteiger partial charge in [0.05, 0.1) is 22.6 Å². The summed E-state index contributed by atoms with van der Waals surface area (Å²) in [6.07, 6.45) is 0. The molecule has 1 heterocycles. The predicted octanol–water partition coefficient (Wildman–Crippen LogP) is 1.50. The molecule has 0 aromatic carbocycles. The van der Waals surface area contributed by atoms with Gasteiger partial charge in [0.25, 0.3) is 0 Å². The Hall–Kier alpha value is -0.710. The summed E-state index contributed by atoms with van der Waals surface area (Å²) in [6, 6.07) is 0. The maximum Gasteiger partial charge on any atom is 0.310 e. The molecule has 0 N–H and O–H groups in total. The normalized spacial score (nSPS) is 25.7. The lowest BCUT2D eigenvalue weighted by Gasteiger charge is -2.25. The SMILES string of the molecule is CCOC(=O)C(C)C1SC(C)(C)N(C)C1=O. The van der Waals surface area contributed by atoms with Crippen molar-refractivity contribution in [1.82, 2.24) is 4.90 Å². The zero-order chi connectivity index (χ0) is 12.5. The van der Waals surface area contributed by atoms with Crippen LogP contribution in [-0.4, -0.2) is 40.6 Å². The van der Waals surface area contributed by atoms with E-state index in [0.29, 0.717) is 6.61 Å². The molecule has 0 aliphatic carbocycles. The van der Waals surface area contributed by atoms with E-state index < -0.39 is 0 Å². The number of hydrogen-bond acceptors (Lipinski definition) is 4. The third-order valence-electron chi connectivity index (χ3n) is 2.91. The Labute approximate surface area is 101 Å². The maximum absolute atomic E-state index is 12.0. The number of amides is 1. The van der Waals surface area contributed by atoms with E-state index >= 15 is 0 Å². The van der Waals surface area contributed by atoms with E-state index in [4.69, 9.17) is 4.74 Å². The van der Waals surface area contributed by atoms with Crippen LogP contribution in [0.5, 0.6) is 0 Å². The molecule has 2 atom stereocenters. The highest BCUT2D eigenvalue weighted by Gasteiger charge is 2.47. The van der Waals surface area contributed by atoms with E-state index in [9.17, 15) is 9.59 Å². The van der Waals surface area contributed by atoms with Gasteiger partial charge >= 0.3 is 5.97 Å². The van der Waals surface area contributed by atoms with Crippen molar-refractivity contribution < 1.29 is 14.3 Å². The van der Waals surface area contributed by atoms with Gasteiger partial charge in [0, 0.05) is 7.05 Å². The molecule has 0 aromatic rings. The molecule has 1 fully saturated rings. The molecule has 1 amide bonds. The van der Waals surface area contributed by atoms with Gasteiger partial charge in [-0.2, -0.15) is 0 Å². The molecular weight excluding hydrogens is 226 g/mol. The van der Waals surface area contributed by atoms with Crippen LogP contribution in [0, 0.1) is 5.92 Å². The number of thioether (sulfide) groups is 1. The summed E-state index contributed by atoms with van der Waals surface area (Å²) in [7, 11) is 1.77. The van der Waals surface area contributed by atoms with Crippen LogP contribution in [0.25, 0.3) is 0 Å². The molecule has 1 aliphatic heterocycles. The van der Waals surface area contributed by atoms with Crippen LogP contribution in [0.4, 0.5) is 0 Å². The van der Waals surface area contributed by atoms with Crippen molar-refractivity contribution in [2.24, 2.45) is 5.92 Å². The zero-order valence-corrected chi connectivity index (χ0v) is 11.3. The van der Waals surface area contributed by atoms with Crippen LogP contribution in [0.3, 0.4) is 0 Å². The average molecular weight is 245 g/mol. The Morgan fingerprint density at radius 3 is 2.56 bits per heavy atom. The lowest BCUT2D eigenvalue weighted by molar-refractivity contribution is -0.149. The molecule has 92 valence electrons. The van der Waals surface area contributed by atoms with Crippen molar-refractivity contribution in [3.8, 4) is 0 Å². The van der Waals surface area contributed by atoms with E-state index in [0.717, 1.165) is 0 Å². The minimum Gasteiger partial charge on any atom is -0.466 e. The molecule has 0 aromatic heterocycles. The number of nitrogens with zero attached hydrogens (tertiary/aromatic N) is 1. The Balaban J connectivity index is 2.76. The summed E-state index contributed by atoms with van der Waals surface area (Å²) in [4.78, 5) is 25.0. The largest absolute Gasteiger partial charge is 0.466 e. The number of esters is 1. The first-order valence-electron chi connectivity index (χ1n) is 5.43. The summed E-state index contributed by atoms with van der Waals surface area (Å²) in [5.41, 5.74) is 0. The Bertz CT molecular complexity index is 304. The van der Waals surface area contributed by atoms with E-state index in [1.54, 1.807) is 25.8 Å². The lowest BCUT2D eigenvalue weighted by atomic mass is 10.1. The summed E-state index contributed by atoms with van der Waals surface area (Å²) in [5, 5.41) is -0.320. The quantitative estimate of drug-likeness (QED) is 0.707. The predicted molar refractivity (Wildman–Crippen MR) is 64.0 cm³/mol. The van der Waals surface area contributed by atoms with Gasteiger partial charge in [0.2, 0.25) is 5.91 Å². The highest BCUT2D eigenvalue weighted by molar-refractivity contribution is 8.02. The van der Waals surface area contributed by atoms with Gasteiger partial charge in [-0.1, -0.05) is 6.92 Å². The summed E-state index contributed by atoms with van der Waals surface area (Å²) >= 11 is 1.52. The monoisotopic (exact) mass is 245 g/mol. The fourth-order valence-corrected chi connectivity index (χ4v) is 3.05. The standard InChI is InChI=1S/C11H19NO3S/c1-6-15-10(14)7(2)8-9(13)12(5)11(3,4)16-8/h7-8H,6H2,1-5H3. The minimum atomic E-state index is -0.387. The Morgan fingerprint density at radius 1 is 1.62 bits per heavy atom. The fraction of sp³-hybridized carbons (Fsp3) is 0.818. The first-order valence-corrected chi connectivity index (χ1v) is 6.31. The first-order chi connectivity index (χ1) is 7.31. The molecule has 4 nitrogen and oxygen atoms in total. The average Bonchev–Trinajstić information content (AvgIpc) is 2.41. The fourth-order valence-electron chi connectivity index (χ4n) is 1.61. The molecule has 0 radical (unpaired) electrons. The molecule has 0 saturated carbocycles. The highest BCUT2D eigenvalue weighted by atomic mass is 32.2. The van der Waals surface area contributed by atoms with Crippen LogP contribution >= 0.6 is 11.8 Å². The van der Waals surface area contributed by atoms with Gasteiger partial charge in [-0.05, 0) is 20.8 Å². The molecule has 0 spiro atoms. The Morgan fingerprint density at radius 2 is 2.19 bits per heavy atom. The minimum absolute atomic E-state index is 0.00977. The summed E-state index contributed by atoms with van der Waals surface area (Å²) in [6.45, 7) is 7.84. The second-order valence-corrected chi connectivity index (χ2v) is 6.17. The van der Waals surface area contributed by atoms with Gasteiger partial charge in [-0.25, -0.2) is 0 Å². The van der Waals surface area contributed by atoms with Crippen LogP contribution in [0.15, 0.2) is 0 Å². The van der Waals surface area contributed by atoms with Gasteiger partial charge in [-0.15, -0.1) is 11.8 Å². The summed E-state index contributed by atoms with van der Waals surface area (Å²) < 4.78 is 4.94. The third-order valence-corrected chi connectivity index (χ3v) is 4.62. The molecule has 1 saturated heterocycles. The number of hydrogen-bond donors (Lipinski definition) is 0. The number of rotatable bonds is 3. The van der Waals surface area contributed by atoms with Gasteiger partial charge in [0.1, 0.15) is 0 Å². The maximum atomic E-state index is 12.0. The van der Waals surface area contributed by atoms with Crippen LogP contribution in [-0.2, 0) is 14.3 Å². The third kappa shape index (κ3) is 2.34. The molecule has 2 unspecified atom stereocenters. The van der Waals surface area contributed by atoms with Crippen molar-refractivity contribution in [3.05, 3.63) is 0 Å². The zero-order valence-electron chi connectivity index (χ0n) is 10.4. The first kappa shape index (κ1) is 13.4. The molecule has 1 rings (SSSR count). The number of carbonyl (C=O) groups is 2. The second kappa shape index (κ2) is 4.65. The second-order valence-electron chi connectivity index (χ2n) is 4.42. The van der Waals surface area contributed by atoms with Crippen molar-refractivity contribution >= 4 is 23.6 Å². The molecule has 5 heteroatoms. The number of ether oxygens (including phenoxy) is 1. The van der Waals surface area contributed by atoms with E-state index in [2.05, 4.69) is 0 Å². The topological polar surface area (TPSA) is 46.6 Å². The van der Waals surface area contributed by atoms with Gasteiger partial charge in [-0.3, -0.25) is 9.59 Å². The molecule has 16 heavy (non-hydrogen) atoms. The number of carbonyl (C=O) groups excluding carboxylic acids is 2. The Kier molecular flexibility index (Phi) is 3.88. The van der Waals surface area contributed by atoms with Crippen LogP contribution < -0.4 is 0 Å². The van der Waals surface area contributed by atoms with Crippen LogP contribution in [0.2, 0.25) is 0 Å². The smallest absolute Gasteiger partial charge is 0.310 e. The lowest BCUT2D eigenvalue weighted by Crippen LogP contribution is -2.38. The molecule has 1 aliphatic rings. The molecular formula is C11H19NO3S. The summed E-state index contributed by atoms with van der Waals surface area (Å²) in [5.74, 6) is -0.670. The molecule has 0 bridgehead atoms. The van der Waals surface area contributed by atoms with E-state index in [1.165, 1.54) is 11.8 Å². The van der Waals surface area contributed by atoms with Crippen molar-refractivity contribution in [2.45, 2.75) is 37.8 Å².